The van der Waals surface area contributed by atoms with Gasteiger partial charge in [0.1, 0.15) is 5.69 Å². The van der Waals surface area contributed by atoms with Gasteiger partial charge in [-0.15, -0.1) is 5.10 Å². The van der Waals surface area contributed by atoms with Crippen LogP contribution in [0.4, 0.5) is 5.69 Å². The fourth-order valence-corrected chi connectivity index (χ4v) is 3.58. The molecule has 0 bridgehead atoms. The summed E-state index contributed by atoms with van der Waals surface area (Å²) in [5.74, 6) is 0.154. The molecule has 5 heteroatoms. The number of rotatable bonds is 3. The second kappa shape index (κ2) is 6.75. The summed E-state index contributed by atoms with van der Waals surface area (Å²) in [4.78, 5) is 14.9. The first-order chi connectivity index (χ1) is 12.7. The monoisotopic (exact) mass is 346 g/mol. The summed E-state index contributed by atoms with van der Waals surface area (Å²) in [5, 5.41) is 8.69. The van der Waals surface area contributed by atoms with E-state index in [2.05, 4.69) is 29.4 Å². The van der Waals surface area contributed by atoms with Gasteiger partial charge in [0.05, 0.1) is 17.9 Å². The molecule has 0 radical (unpaired) electrons. The number of amides is 1. The van der Waals surface area contributed by atoms with Gasteiger partial charge in [-0.25, -0.2) is 4.68 Å². The second-order valence-electron chi connectivity index (χ2n) is 6.67. The third kappa shape index (κ3) is 2.69. The van der Waals surface area contributed by atoms with Gasteiger partial charge in [-0.3, -0.25) is 4.79 Å². The lowest BCUT2D eigenvalue weighted by Crippen LogP contribution is -2.31. The smallest absolute Gasteiger partial charge is 0.227 e. The lowest BCUT2D eigenvalue weighted by atomic mass is 9.95. The van der Waals surface area contributed by atoms with E-state index in [1.807, 2.05) is 53.0 Å². The summed E-state index contributed by atoms with van der Waals surface area (Å²) < 4.78 is 1.82. The van der Waals surface area contributed by atoms with Crippen LogP contribution in [-0.2, 0) is 18.4 Å². The van der Waals surface area contributed by atoms with Crippen LogP contribution < -0.4 is 4.90 Å². The first-order valence-electron chi connectivity index (χ1n) is 9.08. The van der Waals surface area contributed by atoms with E-state index in [-0.39, 0.29) is 5.91 Å². The van der Waals surface area contributed by atoms with Gasteiger partial charge in [-0.05, 0) is 18.1 Å². The highest BCUT2D eigenvalue weighted by Gasteiger charge is 2.27. The van der Waals surface area contributed by atoms with Gasteiger partial charge in [-0.1, -0.05) is 61.0 Å². The highest BCUT2D eigenvalue weighted by atomic mass is 16.2. The fraction of sp³-hybridized carbons (Fsp3) is 0.286. The summed E-state index contributed by atoms with van der Waals surface area (Å²) in [6, 6.07) is 16.2. The number of hydrogen-bond acceptors (Lipinski definition) is 3. The van der Waals surface area contributed by atoms with Crippen molar-refractivity contribution in [2.75, 3.05) is 4.90 Å². The van der Waals surface area contributed by atoms with E-state index >= 15 is 0 Å². The highest BCUT2D eigenvalue weighted by Crippen LogP contribution is 2.40. The van der Waals surface area contributed by atoms with Gasteiger partial charge in [0.2, 0.25) is 5.91 Å². The molecular formula is C21H22N4O. The summed E-state index contributed by atoms with van der Waals surface area (Å²) in [6.45, 7) is 2.66. The molecule has 0 saturated carbocycles. The Bertz CT molecular complexity index is 960. The number of para-hydroxylation sites is 1. The van der Waals surface area contributed by atoms with Crippen molar-refractivity contribution in [2.24, 2.45) is 7.05 Å². The van der Waals surface area contributed by atoms with Gasteiger partial charge >= 0.3 is 0 Å². The topological polar surface area (TPSA) is 51.0 Å². The van der Waals surface area contributed by atoms with E-state index < -0.39 is 0 Å². The largest absolute Gasteiger partial charge is 0.307 e. The van der Waals surface area contributed by atoms with Crippen LogP contribution in [0.15, 0.2) is 48.5 Å². The number of anilines is 1. The summed E-state index contributed by atoms with van der Waals surface area (Å²) in [5.41, 5.74) is 5.87. The van der Waals surface area contributed by atoms with Gasteiger partial charge < -0.3 is 4.90 Å². The zero-order valence-electron chi connectivity index (χ0n) is 15.1. The quantitative estimate of drug-likeness (QED) is 0.715. The Morgan fingerprint density at radius 2 is 1.81 bits per heavy atom. The Kier molecular flexibility index (Phi) is 4.29. The fourth-order valence-electron chi connectivity index (χ4n) is 3.58. The average Bonchev–Trinajstić information content (AvgIpc) is 3.04. The molecule has 0 unspecified atom stereocenters. The molecule has 1 amide bonds. The van der Waals surface area contributed by atoms with Gasteiger partial charge in [0.15, 0.2) is 0 Å². The number of carbonyl (C=O) groups is 1. The number of hydrogen-bond donors (Lipinski definition) is 0. The molecule has 0 spiro atoms. The van der Waals surface area contributed by atoms with Crippen LogP contribution in [0.5, 0.6) is 0 Å². The third-order valence-corrected chi connectivity index (χ3v) is 4.92. The van der Waals surface area contributed by atoms with Crippen LogP contribution in [0.25, 0.3) is 22.5 Å². The molecule has 4 rings (SSSR count). The van der Waals surface area contributed by atoms with Crippen LogP contribution in [-0.4, -0.2) is 20.9 Å². The number of unbranched alkanes of at least 4 members (excludes halogenated alkanes) is 1. The van der Waals surface area contributed by atoms with Crippen molar-refractivity contribution in [3.05, 3.63) is 54.1 Å². The molecule has 26 heavy (non-hydrogen) atoms. The molecule has 0 saturated heterocycles. The maximum atomic E-state index is 13.0. The van der Waals surface area contributed by atoms with Gasteiger partial charge in [-0.2, -0.15) is 0 Å². The lowest BCUT2D eigenvalue weighted by molar-refractivity contribution is -0.118. The minimum Gasteiger partial charge on any atom is -0.307 e. The van der Waals surface area contributed by atoms with Gasteiger partial charge in [0, 0.05) is 24.6 Å². The molecule has 0 fully saturated rings. The van der Waals surface area contributed by atoms with E-state index in [0.29, 0.717) is 13.0 Å². The van der Waals surface area contributed by atoms with E-state index in [4.69, 9.17) is 0 Å². The minimum absolute atomic E-state index is 0.154. The Morgan fingerprint density at radius 1 is 1.08 bits per heavy atom. The molecule has 0 N–H and O–H groups in total. The molecule has 2 aromatic carbocycles. The zero-order valence-corrected chi connectivity index (χ0v) is 15.1. The van der Waals surface area contributed by atoms with Crippen LogP contribution in [0.1, 0.15) is 31.7 Å². The first kappa shape index (κ1) is 16.5. The maximum Gasteiger partial charge on any atom is 0.227 e. The molecule has 1 aliphatic heterocycles. The van der Waals surface area contributed by atoms with Crippen molar-refractivity contribution in [2.45, 2.75) is 32.7 Å². The molecule has 0 atom stereocenters. The SMILES string of the molecule is CCCCC(=O)N1Cc2ccccc2-c2c(nnn2C)-c2ccccc21. The number of benzene rings is 2. The normalized spacial score (nSPS) is 12.6. The van der Waals surface area contributed by atoms with Gasteiger partial charge in [0.25, 0.3) is 0 Å². The minimum atomic E-state index is 0.154. The number of aromatic nitrogens is 3. The van der Waals surface area contributed by atoms with E-state index in [0.717, 1.165) is 46.6 Å². The van der Waals surface area contributed by atoms with Crippen LogP contribution in [0, 0.1) is 0 Å². The molecule has 5 nitrogen and oxygen atoms in total. The Labute approximate surface area is 153 Å². The Morgan fingerprint density at radius 3 is 2.62 bits per heavy atom. The molecule has 132 valence electrons. The average molecular weight is 346 g/mol. The molecule has 1 aliphatic rings. The second-order valence-corrected chi connectivity index (χ2v) is 6.67. The van der Waals surface area contributed by atoms with Crippen molar-refractivity contribution >= 4 is 11.6 Å². The first-order valence-corrected chi connectivity index (χ1v) is 9.08. The summed E-state index contributed by atoms with van der Waals surface area (Å²) >= 11 is 0. The number of aryl methyl sites for hydroxylation is 1. The van der Waals surface area contributed by atoms with Crippen molar-refractivity contribution in [3.8, 4) is 22.5 Å². The van der Waals surface area contributed by atoms with Crippen molar-refractivity contribution in [1.29, 1.82) is 0 Å². The van der Waals surface area contributed by atoms with E-state index in [1.165, 1.54) is 0 Å². The molecular weight excluding hydrogens is 324 g/mol. The number of fused-ring (bicyclic) bond motifs is 5. The van der Waals surface area contributed by atoms with Crippen LogP contribution in [0.3, 0.4) is 0 Å². The standard InChI is InChI=1S/C21H22N4O/c1-3-4-13-19(26)25-14-15-9-5-6-10-16(15)21-20(22-23-24(21)2)17-11-7-8-12-18(17)25/h5-12H,3-4,13-14H2,1-2H3. The summed E-state index contributed by atoms with van der Waals surface area (Å²) in [6.07, 6.45) is 2.46. The predicted molar refractivity (Wildman–Crippen MR) is 103 cm³/mol. The van der Waals surface area contributed by atoms with Crippen molar-refractivity contribution < 1.29 is 4.79 Å². The molecule has 2 heterocycles. The Hall–Kier alpha value is -2.95. The predicted octanol–water partition coefficient (Wildman–Crippen LogP) is 4.19. The zero-order chi connectivity index (χ0) is 18.1. The third-order valence-electron chi connectivity index (χ3n) is 4.92. The lowest BCUT2D eigenvalue weighted by Gasteiger charge is -2.28. The highest BCUT2D eigenvalue weighted by molar-refractivity contribution is 6.00. The Balaban J connectivity index is 1.95. The molecule has 1 aromatic heterocycles. The molecule has 0 aliphatic carbocycles. The van der Waals surface area contributed by atoms with Crippen LogP contribution in [0.2, 0.25) is 0 Å². The maximum absolute atomic E-state index is 13.0. The number of carbonyl (C=O) groups excluding carboxylic acids is 1. The van der Waals surface area contributed by atoms with E-state index in [9.17, 15) is 4.79 Å². The van der Waals surface area contributed by atoms with Crippen molar-refractivity contribution in [1.82, 2.24) is 15.0 Å². The molecule has 3 aromatic rings. The van der Waals surface area contributed by atoms with E-state index in [1.54, 1.807) is 0 Å². The van der Waals surface area contributed by atoms with Crippen LogP contribution >= 0.6 is 0 Å². The van der Waals surface area contributed by atoms with Crippen molar-refractivity contribution in [3.63, 3.8) is 0 Å². The number of nitrogens with zero attached hydrogens (tertiary/aromatic N) is 4. The summed E-state index contributed by atoms with van der Waals surface area (Å²) in [7, 11) is 1.91.